The Morgan fingerprint density at radius 3 is 2.48 bits per heavy atom. The summed E-state index contributed by atoms with van der Waals surface area (Å²) in [6.45, 7) is 4.19. The van der Waals surface area contributed by atoms with Crippen molar-refractivity contribution in [2.45, 2.75) is 26.6 Å². The molecule has 10 heteroatoms. The molecule has 7 nitrogen and oxygen atoms in total. The first-order valence-electron chi connectivity index (χ1n) is 10.4. The molecule has 1 amide bonds. The number of amides is 1. The number of ether oxygens (including phenoxy) is 1. The van der Waals surface area contributed by atoms with Crippen molar-refractivity contribution in [1.29, 1.82) is 5.41 Å². The van der Waals surface area contributed by atoms with Gasteiger partial charge in [0.2, 0.25) is 0 Å². The number of hydrogen-bond acceptors (Lipinski definition) is 5. The molecule has 0 aromatic heterocycles. The maximum atomic E-state index is 13.3. The van der Waals surface area contributed by atoms with Gasteiger partial charge in [-0.1, -0.05) is 0 Å². The minimum Gasteiger partial charge on any atom is -0.493 e. The van der Waals surface area contributed by atoms with Gasteiger partial charge in [-0.3, -0.25) is 15.0 Å². The van der Waals surface area contributed by atoms with Crippen molar-refractivity contribution < 1.29 is 27.5 Å². The first kappa shape index (κ1) is 24.1. The molecule has 1 heterocycles. The van der Waals surface area contributed by atoms with Crippen LogP contribution in [0.5, 0.6) is 5.75 Å². The van der Waals surface area contributed by atoms with E-state index in [-0.39, 0.29) is 41.6 Å². The third-order valence-electron chi connectivity index (χ3n) is 5.21. The number of nitrogens with zero attached hydrogens (tertiary/aromatic N) is 1. The van der Waals surface area contributed by atoms with Crippen LogP contribution in [0.2, 0.25) is 0 Å². The zero-order chi connectivity index (χ0) is 24.3. The number of rotatable bonds is 8. The number of benzene rings is 2. The minimum atomic E-state index is -4.59. The fourth-order valence-electron chi connectivity index (χ4n) is 3.67. The second-order valence-electron chi connectivity index (χ2n) is 7.47. The van der Waals surface area contributed by atoms with E-state index in [9.17, 15) is 22.8 Å². The highest BCUT2D eigenvalue weighted by atomic mass is 19.4. The Hall–Kier alpha value is -3.56. The predicted molar refractivity (Wildman–Crippen MR) is 118 cm³/mol. The van der Waals surface area contributed by atoms with E-state index in [1.807, 2.05) is 0 Å². The molecule has 2 aromatic carbocycles. The topological polar surface area (TPSA) is 94.5 Å². The molecular formula is C23H25F3N4O3. The lowest BCUT2D eigenvalue weighted by molar-refractivity contribution is -0.137. The van der Waals surface area contributed by atoms with Gasteiger partial charge in [0.15, 0.2) is 5.78 Å². The Bertz CT molecular complexity index is 1100. The number of hydrogen-bond donors (Lipinski definition) is 3. The highest BCUT2D eigenvalue weighted by Gasteiger charge is 2.33. The van der Waals surface area contributed by atoms with Gasteiger partial charge in [-0.05, 0) is 49.7 Å². The molecule has 176 valence electrons. The van der Waals surface area contributed by atoms with E-state index < -0.39 is 17.5 Å². The van der Waals surface area contributed by atoms with Crippen molar-refractivity contribution in [3.63, 3.8) is 0 Å². The van der Waals surface area contributed by atoms with E-state index in [0.29, 0.717) is 30.0 Å². The fourth-order valence-corrected chi connectivity index (χ4v) is 3.67. The summed E-state index contributed by atoms with van der Waals surface area (Å²) < 4.78 is 45.5. The molecule has 3 rings (SSSR count). The third-order valence-corrected chi connectivity index (χ3v) is 5.21. The molecule has 0 saturated carbocycles. The number of anilines is 1. The second-order valence-corrected chi connectivity index (χ2v) is 7.47. The Morgan fingerprint density at radius 1 is 1.15 bits per heavy atom. The number of amidine groups is 1. The fraction of sp³-hybridized carbons (Fsp3) is 0.348. The molecule has 0 aliphatic carbocycles. The van der Waals surface area contributed by atoms with Gasteiger partial charge < -0.3 is 20.3 Å². The molecule has 3 N–H and O–H groups in total. The van der Waals surface area contributed by atoms with Crippen molar-refractivity contribution in [2.24, 2.45) is 0 Å². The van der Waals surface area contributed by atoms with Crippen molar-refractivity contribution in [3.05, 3.63) is 58.1 Å². The van der Waals surface area contributed by atoms with E-state index in [2.05, 4.69) is 10.6 Å². The minimum absolute atomic E-state index is 0.0189. The summed E-state index contributed by atoms with van der Waals surface area (Å²) in [5, 5.41) is 13.8. The van der Waals surface area contributed by atoms with Crippen molar-refractivity contribution in [3.8, 4) is 5.75 Å². The Morgan fingerprint density at radius 2 is 1.88 bits per heavy atom. The van der Waals surface area contributed by atoms with Crippen LogP contribution < -0.4 is 15.4 Å². The summed E-state index contributed by atoms with van der Waals surface area (Å²) >= 11 is 0. The molecule has 1 aliphatic heterocycles. The van der Waals surface area contributed by atoms with Gasteiger partial charge in [0, 0.05) is 37.0 Å². The van der Waals surface area contributed by atoms with Crippen LogP contribution in [-0.4, -0.2) is 49.2 Å². The number of nitrogens with one attached hydrogen (secondary N) is 3. The highest BCUT2D eigenvalue weighted by molar-refractivity contribution is 6.07. The van der Waals surface area contributed by atoms with Crippen molar-refractivity contribution >= 4 is 23.2 Å². The number of carbonyl (C=O) groups excluding carboxylic acids is 2. The van der Waals surface area contributed by atoms with Gasteiger partial charge in [-0.15, -0.1) is 0 Å². The summed E-state index contributed by atoms with van der Waals surface area (Å²) in [6.07, 6.45) is -4.59. The lowest BCUT2D eigenvalue weighted by Crippen LogP contribution is -2.30. The predicted octanol–water partition coefficient (Wildman–Crippen LogP) is 3.92. The van der Waals surface area contributed by atoms with Gasteiger partial charge in [-0.25, -0.2) is 0 Å². The van der Waals surface area contributed by atoms with Gasteiger partial charge >= 0.3 is 6.18 Å². The normalized spacial score (nSPS) is 13.0. The Balaban J connectivity index is 1.88. The number of ketones is 1. The van der Waals surface area contributed by atoms with Crippen LogP contribution in [0, 0.1) is 5.41 Å². The summed E-state index contributed by atoms with van der Waals surface area (Å²) in [5.74, 6) is -0.534. The molecule has 0 fully saturated rings. The lowest BCUT2D eigenvalue weighted by Gasteiger charge is -2.18. The second kappa shape index (κ2) is 9.51. The standard InChI is InChI=1S/C23H25F3N4O3/c1-4-29-16-7-13(6-15(9-16)23(24,25)26)19(31)12-30-11-14-8-20(33-5-2)18(22(32)28-3)10-17(14)21(30)27/h6-10,27,29H,4-5,11-12H2,1-3H3,(H,28,32). The molecule has 0 unspecified atom stereocenters. The van der Waals surface area contributed by atoms with Crippen LogP contribution in [0.1, 0.15) is 51.3 Å². The monoisotopic (exact) mass is 462 g/mol. The molecule has 0 atom stereocenters. The molecule has 33 heavy (non-hydrogen) atoms. The van der Waals surface area contributed by atoms with E-state index in [4.69, 9.17) is 10.1 Å². The summed E-state index contributed by atoms with van der Waals surface area (Å²) in [7, 11) is 1.48. The van der Waals surface area contributed by atoms with Crippen LogP contribution >= 0.6 is 0 Å². The maximum Gasteiger partial charge on any atom is 0.416 e. The molecule has 0 bridgehead atoms. The Kier molecular flexibility index (Phi) is 6.95. The van der Waals surface area contributed by atoms with Crippen molar-refractivity contribution in [1.82, 2.24) is 10.2 Å². The zero-order valence-electron chi connectivity index (χ0n) is 18.5. The van der Waals surface area contributed by atoms with Crippen LogP contribution in [0.25, 0.3) is 0 Å². The smallest absolute Gasteiger partial charge is 0.416 e. The van der Waals surface area contributed by atoms with Gasteiger partial charge in [-0.2, -0.15) is 13.2 Å². The van der Waals surface area contributed by atoms with E-state index in [1.165, 1.54) is 18.0 Å². The van der Waals surface area contributed by atoms with Crippen LogP contribution in [0.15, 0.2) is 30.3 Å². The van der Waals surface area contributed by atoms with Gasteiger partial charge in [0.05, 0.1) is 24.3 Å². The number of Topliss-reactive ketones (excluding diaryl/α,β-unsaturated/α-hetero) is 1. The van der Waals surface area contributed by atoms with Crippen LogP contribution in [-0.2, 0) is 12.7 Å². The van der Waals surface area contributed by atoms with Crippen molar-refractivity contribution in [2.75, 3.05) is 32.1 Å². The molecule has 2 aromatic rings. The summed E-state index contributed by atoms with van der Waals surface area (Å²) in [5.41, 5.74) is 0.631. The SMILES string of the molecule is CCNc1cc(C(=O)CN2Cc3cc(OCC)c(C(=O)NC)cc3C2=N)cc(C(F)(F)F)c1. The van der Waals surface area contributed by atoms with Crippen LogP contribution in [0.3, 0.4) is 0 Å². The molecule has 0 radical (unpaired) electrons. The number of fused-ring (bicyclic) bond motifs is 1. The molecule has 1 aliphatic rings. The average molecular weight is 462 g/mol. The maximum absolute atomic E-state index is 13.3. The van der Waals surface area contributed by atoms with E-state index in [0.717, 1.165) is 12.1 Å². The largest absolute Gasteiger partial charge is 0.493 e. The molecule has 0 saturated heterocycles. The number of halogens is 3. The Labute approximate surface area is 189 Å². The molecular weight excluding hydrogens is 437 g/mol. The zero-order valence-corrected chi connectivity index (χ0v) is 18.5. The third kappa shape index (κ3) is 5.10. The molecule has 0 spiro atoms. The van der Waals surface area contributed by atoms with E-state index in [1.54, 1.807) is 26.0 Å². The van der Waals surface area contributed by atoms with Gasteiger partial charge in [0.25, 0.3) is 5.91 Å². The quantitative estimate of drug-likeness (QED) is 0.517. The number of alkyl halides is 3. The number of carbonyl (C=O) groups is 2. The highest BCUT2D eigenvalue weighted by Crippen LogP contribution is 2.33. The van der Waals surface area contributed by atoms with E-state index >= 15 is 0 Å². The van der Waals surface area contributed by atoms with Crippen LogP contribution in [0.4, 0.5) is 18.9 Å². The lowest BCUT2D eigenvalue weighted by atomic mass is 10.0. The average Bonchev–Trinajstić information content (AvgIpc) is 3.06. The first-order valence-corrected chi connectivity index (χ1v) is 10.4. The summed E-state index contributed by atoms with van der Waals surface area (Å²) in [6, 6.07) is 6.37. The summed E-state index contributed by atoms with van der Waals surface area (Å²) in [4.78, 5) is 26.6. The first-order chi connectivity index (χ1) is 15.6. The van der Waals surface area contributed by atoms with Gasteiger partial charge in [0.1, 0.15) is 11.6 Å².